The highest BCUT2D eigenvalue weighted by molar-refractivity contribution is 9.10. The Balaban J connectivity index is 1.86. The first-order valence-electron chi connectivity index (χ1n) is 7.61. The van der Waals surface area contributed by atoms with E-state index in [0.29, 0.717) is 17.1 Å². The normalized spacial score (nSPS) is 28.4. The van der Waals surface area contributed by atoms with Gasteiger partial charge in [0.25, 0.3) is 0 Å². The average Bonchev–Trinajstić information content (AvgIpc) is 2.93. The zero-order valence-corrected chi connectivity index (χ0v) is 13.3. The van der Waals surface area contributed by atoms with Crippen molar-refractivity contribution >= 4 is 15.9 Å². The Morgan fingerprint density at radius 3 is 2.85 bits per heavy atom. The summed E-state index contributed by atoms with van der Waals surface area (Å²) in [4.78, 5) is 2.55. The number of hydrogen-bond donors (Lipinski definition) is 1. The van der Waals surface area contributed by atoms with Crippen molar-refractivity contribution in [1.82, 2.24) is 4.90 Å². The smallest absolute Gasteiger partial charge is 0.137 e. The van der Waals surface area contributed by atoms with E-state index in [1.54, 1.807) is 12.1 Å². The van der Waals surface area contributed by atoms with Crippen LogP contribution in [-0.4, -0.2) is 24.0 Å². The molecule has 2 aliphatic rings. The summed E-state index contributed by atoms with van der Waals surface area (Å²) in [5, 5.41) is 0. The van der Waals surface area contributed by atoms with Crippen molar-refractivity contribution in [2.45, 2.75) is 44.2 Å². The van der Waals surface area contributed by atoms with Gasteiger partial charge in [0.1, 0.15) is 5.82 Å². The topological polar surface area (TPSA) is 29.3 Å². The van der Waals surface area contributed by atoms with Gasteiger partial charge in [0.2, 0.25) is 0 Å². The van der Waals surface area contributed by atoms with Gasteiger partial charge in [-0.3, -0.25) is 4.90 Å². The molecule has 3 rings (SSSR count). The molecule has 1 saturated heterocycles. The average molecular weight is 341 g/mol. The third-order valence-electron chi connectivity index (χ3n) is 4.99. The zero-order chi connectivity index (χ0) is 14.1. The van der Waals surface area contributed by atoms with Gasteiger partial charge in [-0.25, -0.2) is 4.39 Å². The number of nitrogens with two attached hydrogens (primary N) is 1. The van der Waals surface area contributed by atoms with E-state index >= 15 is 0 Å². The summed E-state index contributed by atoms with van der Waals surface area (Å²) >= 11 is 3.22. The van der Waals surface area contributed by atoms with Crippen LogP contribution in [-0.2, 0) is 0 Å². The molecule has 1 aliphatic carbocycles. The molecule has 2 fully saturated rings. The highest BCUT2D eigenvalue weighted by Crippen LogP contribution is 2.40. The lowest BCUT2D eigenvalue weighted by Gasteiger charge is -2.42. The van der Waals surface area contributed by atoms with Crippen LogP contribution in [0.2, 0.25) is 0 Å². The lowest BCUT2D eigenvalue weighted by Crippen LogP contribution is -2.46. The number of hydrogen-bond acceptors (Lipinski definition) is 2. The molecule has 0 aromatic heterocycles. The minimum absolute atomic E-state index is 0.156. The Morgan fingerprint density at radius 1 is 1.30 bits per heavy atom. The molecule has 1 saturated carbocycles. The van der Waals surface area contributed by atoms with Gasteiger partial charge in [0.15, 0.2) is 0 Å². The summed E-state index contributed by atoms with van der Waals surface area (Å²) in [5.74, 6) is 0.638. The number of fused-ring (bicyclic) bond motifs is 1. The first-order chi connectivity index (χ1) is 9.70. The highest BCUT2D eigenvalue weighted by Gasteiger charge is 2.38. The maximum atomic E-state index is 13.8. The molecule has 2 nitrogen and oxygen atoms in total. The summed E-state index contributed by atoms with van der Waals surface area (Å²) in [5.41, 5.74) is 7.05. The lowest BCUT2D eigenvalue weighted by molar-refractivity contribution is 0.0700. The molecule has 4 heteroatoms. The second kappa shape index (κ2) is 6.12. The molecule has 1 aliphatic heterocycles. The Labute approximate surface area is 128 Å². The Morgan fingerprint density at radius 2 is 2.10 bits per heavy atom. The predicted octanol–water partition coefficient (Wildman–Crippen LogP) is 3.85. The highest BCUT2D eigenvalue weighted by atomic mass is 79.9. The van der Waals surface area contributed by atoms with Crippen LogP contribution in [0.25, 0.3) is 0 Å². The number of nitrogens with zero attached hydrogens (tertiary/aromatic N) is 1. The molecule has 3 atom stereocenters. The molecule has 0 radical (unpaired) electrons. The van der Waals surface area contributed by atoms with E-state index in [2.05, 4.69) is 20.8 Å². The van der Waals surface area contributed by atoms with Crippen molar-refractivity contribution in [3.8, 4) is 0 Å². The van der Waals surface area contributed by atoms with Crippen LogP contribution in [0.1, 0.15) is 43.7 Å². The molecule has 1 aromatic rings. The van der Waals surface area contributed by atoms with Gasteiger partial charge in [-0.1, -0.05) is 12.5 Å². The van der Waals surface area contributed by atoms with Crippen LogP contribution in [0.15, 0.2) is 22.7 Å². The summed E-state index contributed by atoms with van der Waals surface area (Å²) in [7, 11) is 0. The van der Waals surface area contributed by atoms with E-state index < -0.39 is 0 Å². The van der Waals surface area contributed by atoms with Crippen LogP contribution < -0.4 is 5.73 Å². The van der Waals surface area contributed by atoms with E-state index in [-0.39, 0.29) is 11.9 Å². The van der Waals surface area contributed by atoms with Gasteiger partial charge >= 0.3 is 0 Å². The van der Waals surface area contributed by atoms with E-state index in [1.165, 1.54) is 32.1 Å². The number of likely N-dealkylation sites (tertiary alicyclic amines) is 1. The van der Waals surface area contributed by atoms with Gasteiger partial charge in [0.05, 0.1) is 4.47 Å². The number of benzene rings is 1. The molecule has 0 bridgehead atoms. The van der Waals surface area contributed by atoms with Crippen molar-refractivity contribution in [3.63, 3.8) is 0 Å². The van der Waals surface area contributed by atoms with Crippen LogP contribution >= 0.6 is 15.9 Å². The fraction of sp³-hybridized carbons (Fsp3) is 0.625. The fourth-order valence-corrected chi connectivity index (χ4v) is 4.31. The largest absolute Gasteiger partial charge is 0.329 e. The van der Waals surface area contributed by atoms with Crippen molar-refractivity contribution in [2.75, 3.05) is 13.1 Å². The first-order valence-corrected chi connectivity index (χ1v) is 8.40. The quantitative estimate of drug-likeness (QED) is 0.905. The number of halogens is 2. The number of rotatable bonds is 3. The lowest BCUT2D eigenvalue weighted by atomic mass is 9.89. The minimum atomic E-state index is -0.194. The van der Waals surface area contributed by atoms with Gasteiger partial charge in [-0.2, -0.15) is 0 Å². The molecule has 2 N–H and O–H groups in total. The van der Waals surface area contributed by atoms with E-state index in [1.807, 2.05) is 6.07 Å². The van der Waals surface area contributed by atoms with Crippen molar-refractivity contribution < 1.29 is 4.39 Å². The first kappa shape index (κ1) is 14.5. The van der Waals surface area contributed by atoms with Gasteiger partial charge in [-0.05, 0) is 71.8 Å². The van der Waals surface area contributed by atoms with Crippen LogP contribution in [0, 0.1) is 11.7 Å². The molecule has 1 aromatic carbocycles. The molecule has 0 spiro atoms. The Bertz CT molecular complexity index is 480. The predicted molar refractivity (Wildman–Crippen MR) is 83.0 cm³/mol. The van der Waals surface area contributed by atoms with Gasteiger partial charge < -0.3 is 5.73 Å². The molecular weight excluding hydrogens is 319 g/mol. The van der Waals surface area contributed by atoms with Crippen molar-refractivity contribution in [2.24, 2.45) is 11.7 Å². The minimum Gasteiger partial charge on any atom is -0.329 e. The van der Waals surface area contributed by atoms with Crippen LogP contribution in [0.3, 0.4) is 0 Å². The summed E-state index contributed by atoms with van der Waals surface area (Å²) in [6, 6.07) is 6.25. The number of piperidine rings is 1. The summed E-state index contributed by atoms with van der Waals surface area (Å²) < 4.78 is 14.3. The molecular formula is C16H22BrFN2. The van der Waals surface area contributed by atoms with Crippen LogP contribution in [0.4, 0.5) is 4.39 Å². The summed E-state index contributed by atoms with van der Waals surface area (Å²) in [6.45, 7) is 1.66. The summed E-state index contributed by atoms with van der Waals surface area (Å²) in [6.07, 6.45) is 6.56. The molecule has 1 heterocycles. The van der Waals surface area contributed by atoms with E-state index in [9.17, 15) is 4.39 Å². The third kappa shape index (κ3) is 2.66. The van der Waals surface area contributed by atoms with E-state index in [0.717, 1.165) is 18.0 Å². The standard InChI is InChI=1S/C16H22BrFN2/c17-13-7-6-12(9-14(13)18)16(10-19)20-8-2-4-11-3-1-5-15(11)20/h6-7,9,11,15-16H,1-5,8,10,19H2. The van der Waals surface area contributed by atoms with Gasteiger partial charge in [0, 0.05) is 18.6 Å². The Kier molecular flexibility index (Phi) is 4.43. The maximum Gasteiger partial charge on any atom is 0.137 e. The second-order valence-electron chi connectivity index (χ2n) is 6.06. The SMILES string of the molecule is NCC(c1ccc(Br)c(F)c1)N1CCCC2CCCC21. The maximum absolute atomic E-state index is 13.8. The van der Waals surface area contributed by atoms with Crippen molar-refractivity contribution in [1.29, 1.82) is 0 Å². The zero-order valence-electron chi connectivity index (χ0n) is 11.7. The molecule has 110 valence electrons. The van der Waals surface area contributed by atoms with Gasteiger partial charge in [-0.15, -0.1) is 0 Å². The Hall–Kier alpha value is -0.450. The second-order valence-corrected chi connectivity index (χ2v) is 6.92. The molecule has 0 amide bonds. The van der Waals surface area contributed by atoms with E-state index in [4.69, 9.17) is 5.73 Å². The third-order valence-corrected chi connectivity index (χ3v) is 5.63. The molecule has 20 heavy (non-hydrogen) atoms. The van der Waals surface area contributed by atoms with Crippen LogP contribution in [0.5, 0.6) is 0 Å². The monoisotopic (exact) mass is 340 g/mol. The van der Waals surface area contributed by atoms with Crippen molar-refractivity contribution in [3.05, 3.63) is 34.1 Å². The fourth-order valence-electron chi connectivity index (χ4n) is 4.06. The molecule has 3 unspecified atom stereocenters.